The molecule has 0 aromatic rings. The smallest absolute Gasteiger partial charge is 0.462 e. The van der Waals surface area contributed by atoms with Gasteiger partial charge >= 0.3 is 39.5 Å². The number of phosphoric acid groups is 2. The molecule has 5 atom stereocenters. The van der Waals surface area contributed by atoms with Crippen molar-refractivity contribution in [2.24, 2.45) is 17.8 Å². The highest BCUT2D eigenvalue weighted by atomic mass is 31.2. The Hall–Kier alpha value is -2.46. The normalized spacial score (nSPS) is 14.3. The second-order valence-corrected chi connectivity index (χ2v) is 30.7. The van der Waals surface area contributed by atoms with Gasteiger partial charge in [0.05, 0.1) is 26.4 Å². The van der Waals surface area contributed by atoms with E-state index in [-0.39, 0.29) is 25.7 Å². The molecule has 0 aromatic heterocycles. The van der Waals surface area contributed by atoms with Crippen LogP contribution in [0.5, 0.6) is 0 Å². The molecule has 0 spiro atoms. The molecule has 17 nitrogen and oxygen atoms in total. The van der Waals surface area contributed by atoms with E-state index in [0.717, 1.165) is 127 Å². The maximum Gasteiger partial charge on any atom is 0.472 e. The van der Waals surface area contributed by atoms with Crippen LogP contribution in [0.3, 0.4) is 0 Å². The van der Waals surface area contributed by atoms with Crippen molar-refractivity contribution in [3.8, 4) is 0 Å². The van der Waals surface area contributed by atoms with Crippen LogP contribution < -0.4 is 0 Å². The zero-order valence-electron chi connectivity index (χ0n) is 60.9. The Morgan fingerprint density at radius 3 is 0.862 bits per heavy atom. The van der Waals surface area contributed by atoms with Crippen molar-refractivity contribution in [3.05, 3.63) is 24.3 Å². The lowest BCUT2D eigenvalue weighted by Gasteiger charge is -2.21. The summed E-state index contributed by atoms with van der Waals surface area (Å²) in [5.74, 6) is 0.0994. The van der Waals surface area contributed by atoms with Crippen molar-refractivity contribution in [1.82, 2.24) is 0 Å². The second-order valence-electron chi connectivity index (χ2n) is 27.8. The molecule has 3 N–H and O–H groups in total. The topological polar surface area (TPSA) is 237 Å². The molecule has 3 unspecified atom stereocenters. The van der Waals surface area contributed by atoms with Crippen molar-refractivity contribution < 1.29 is 80.2 Å². The molecule has 554 valence electrons. The van der Waals surface area contributed by atoms with Gasteiger partial charge in [-0.25, -0.2) is 9.13 Å². The van der Waals surface area contributed by atoms with Crippen LogP contribution >= 0.6 is 15.6 Å². The maximum atomic E-state index is 13.1. The van der Waals surface area contributed by atoms with Crippen molar-refractivity contribution in [2.75, 3.05) is 39.6 Å². The molecule has 0 aliphatic carbocycles. The molecule has 0 aliphatic rings. The van der Waals surface area contributed by atoms with E-state index in [1.807, 2.05) is 0 Å². The first-order valence-corrected chi connectivity index (χ1v) is 41.2. The zero-order chi connectivity index (χ0) is 69.4. The average Bonchev–Trinajstić information content (AvgIpc) is 3.17. The summed E-state index contributed by atoms with van der Waals surface area (Å²) in [6.07, 6.45) is 53.5. The fourth-order valence-corrected chi connectivity index (χ4v) is 12.5. The van der Waals surface area contributed by atoms with Gasteiger partial charge in [-0.2, -0.15) is 0 Å². The molecule has 0 heterocycles. The van der Waals surface area contributed by atoms with Crippen molar-refractivity contribution in [2.45, 2.75) is 375 Å². The molecule has 0 bridgehead atoms. The van der Waals surface area contributed by atoms with Crippen LogP contribution in [0.2, 0.25) is 0 Å². The van der Waals surface area contributed by atoms with E-state index < -0.39 is 97.5 Å². The number of rotatable bonds is 71. The number of aliphatic hydroxyl groups excluding tert-OH is 1. The molecule has 0 fully saturated rings. The Morgan fingerprint density at radius 1 is 0.330 bits per heavy atom. The predicted octanol–water partition coefficient (Wildman–Crippen LogP) is 21.3. The van der Waals surface area contributed by atoms with Crippen LogP contribution in [0.1, 0.15) is 357 Å². The number of hydrogen-bond donors (Lipinski definition) is 3. The number of phosphoric ester groups is 2. The number of esters is 4. The molecule has 0 radical (unpaired) electrons. The number of carbonyl (C=O) groups excluding carboxylic acids is 4. The number of hydrogen-bond acceptors (Lipinski definition) is 15. The van der Waals surface area contributed by atoms with Gasteiger partial charge in [0.15, 0.2) is 12.2 Å². The Balaban J connectivity index is 5.30. The Labute approximate surface area is 573 Å². The number of allylic oxidation sites excluding steroid dienone is 4. The summed E-state index contributed by atoms with van der Waals surface area (Å²) in [5.41, 5.74) is 0. The summed E-state index contributed by atoms with van der Waals surface area (Å²) < 4.78 is 68.4. The summed E-state index contributed by atoms with van der Waals surface area (Å²) in [6.45, 7) is 11.8. The van der Waals surface area contributed by atoms with Crippen LogP contribution in [0, 0.1) is 17.8 Å². The maximum absolute atomic E-state index is 13.1. The fourth-order valence-electron chi connectivity index (χ4n) is 10.9. The van der Waals surface area contributed by atoms with Gasteiger partial charge in [-0.3, -0.25) is 37.3 Å². The molecule has 0 amide bonds. The van der Waals surface area contributed by atoms with Crippen LogP contribution in [0.25, 0.3) is 0 Å². The lowest BCUT2D eigenvalue weighted by atomic mass is 10.0. The molecule has 19 heteroatoms. The summed E-state index contributed by atoms with van der Waals surface area (Å²) in [6, 6.07) is 0. The Morgan fingerprint density at radius 2 is 0.574 bits per heavy atom. The van der Waals surface area contributed by atoms with Gasteiger partial charge in [-0.1, -0.05) is 304 Å². The van der Waals surface area contributed by atoms with E-state index in [9.17, 15) is 43.2 Å². The second kappa shape index (κ2) is 65.2. The average molecular weight is 1380 g/mol. The first-order valence-electron chi connectivity index (χ1n) is 38.2. The third kappa shape index (κ3) is 68.1. The van der Waals surface area contributed by atoms with Crippen molar-refractivity contribution in [3.63, 3.8) is 0 Å². The molecule has 0 saturated carbocycles. The van der Waals surface area contributed by atoms with Gasteiger partial charge in [0, 0.05) is 25.7 Å². The van der Waals surface area contributed by atoms with E-state index >= 15 is 0 Å². The number of ether oxygens (including phenoxy) is 4. The van der Waals surface area contributed by atoms with Crippen LogP contribution in [0.4, 0.5) is 0 Å². The van der Waals surface area contributed by atoms with Gasteiger partial charge in [0.2, 0.25) is 0 Å². The Kier molecular flexibility index (Phi) is 63.5. The standard InChI is InChI=1S/C75H142O17P2/c1-8-9-10-11-12-13-14-15-16-17-21-27-35-42-49-56-72(77)85-62-70(91-74(79)58-51-44-37-28-22-19-18-20-25-32-39-46-53-66(2)3)64-89-93(81,82)87-60-69(76)61-88-94(83,84)90-65-71(63-86-73(78)57-50-43-36-31-30-34-41-48-55-68(6)7)92-75(80)59-52-45-38-29-24-23-26-33-40-47-54-67(4)5/h13-16,66-71,76H,8-12,17-65H2,1-7H3,(H,81,82)(H,83,84)/b14-13-,16-15-/t69?,70-,71-/m1/s1. The van der Waals surface area contributed by atoms with E-state index in [4.69, 9.17) is 37.0 Å². The van der Waals surface area contributed by atoms with Gasteiger partial charge < -0.3 is 33.8 Å². The molecule has 0 aliphatic heterocycles. The first-order chi connectivity index (χ1) is 45.2. The minimum Gasteiger partial charge on any atom is -0.462 e. The molecule has 0 aromatic carbocycles. The first kappa shape index (κ1) is 91.5. The molecule has 94 heavy (non-hydrogen) atoms. The lowest BCUT2D eigenvalue weighted by Crippen LogP contribution is -2.30. The predicted molar refractivity (Wildman–Crippen MR) is 381 cm³/mol. The zero-order valence-corrected chi connectivity index (χ0v) is 62.7. The van der Waals surface area contributed by atoms with E-state index in [0.29, 0.717) is 25.7 Å². The van der Waals surface area contributed by atoms with Gasteiger partial charge in [-0.05, 0) is 69.1 Å². The van der Waals surface area contributed by atoms with E-state index in [1.165, 1.54) is 148 Å². The largest absolute Gasteiger partial charge is 0.472 e. The van der Waals surface area contributed by atoms with Gasteiger partial charge in [-0.15, -0.1) is 0 Å². The lowest BCUT2D eigenvalue weighted by molar-refractivity contribution is -0.161. The summed E-state index contributed by atoms with van der Waals surface area (Å²) in [5, 5.41) is 10.6. The third-order valence-electron chi connectivity index (χ3n) is 16.8. The molecular weight excluding hydrogens is 1230 g/mol. The SMILES string of the molecule is CCCCCC/C=C\C=C/CCCCCCCC(=O)OC[C@H](COP(=O)(O)OCC(O)COP(=O)(O)OC[C@@H](COC(=O)CCCCCCCCCCC(C)C)OC(=O)CCCCCCCCCCCCC(C)C)OC(=O)CCCCCCCCCCCCCCC(C)C. The minimum absolute atomic E-state index is 0.0996. The van der Waals surface area contributed by atoms with Crippen LogP contribution in [-0.2, 0) is 65.4 Å². The van der Waals surface area contributed by atoms with Crippen molar-refractivity contribution >= 4 is 39.5 Å². The quantitative estimate of drug-likeness (QED) is 0.0169. The molecular formula is C75H142O17P2. The molecule has 0 saturated heterocycles. The Bertz CT molecular complexity index is 1930. The molecule has 0 rings (SSSR count). The number of carbonyl (C=O) groups is 4. The monoisotopic (exact) mass is 1380 g/mol. The number of unbranched alkanes of at least 4 members (excludes halogenated alkanes) is 36. The van der Waals surface area contributed by atoms with Crippen molar-refractivity contribution in [1.29, 1.82) is 0 Å². The van der Waals surface area contributed by atoms with E-state index in [2.05, 4.69) is 72.8 Å². The van der Waals surface area contributed by atoms with Gasteiger partial charge in [0.1, 0.15) is 19.3 Å². The van der Waals surface area contributed by atoms with Gasteiger partial charge in [0.25, 0.3) is 0 Å². The minimum atomic E-state index is -4.96. The summed E-state index contributed by atoms with van der Waals surface area (Å²) in [4.78, 5) is 72.8. The van der Waals surface area contributed by atoms with Crippen LogP contribution in [-0.4, -0.2) is 96.7 Å². The third-order valence-corrected chi connectivity index (χ3v) is 18.7. The fraction of sp³-hybridized carbons (Fsp3) is 0.893. The highest BCUT2D eigenvalue weighted by Gasteiger charge is 2.30. The van der Waals surface area contributed by atoms with Crippen LogP contribution in [0.15, 0.2) is 24.3 Å². The summed E-state index contributed by atoms with van der Waals surface area (Å²) in [7, 11) is -9.92. The summed E-state index contributed by atoms with van der Waals surface area (Å²) >= 11 is 0. The number of aliphatic hydroxyl groups is 1. The van der Waals surface area contributed by atoms with E-state index in [1.54, 1.807) is 0 Å². The highest BCUT2D eigenvalue weighted by molar-refractivity contribution is 7.47. The highest BCUT2D eigenvalue weighted by Crippen LogP contribution is 2.45.